The van der Waals surface area contributed by atoms with Crippen molar-refractivity contribution in [3.63, 3.8) is 0 Å². The molecule has 0 fully saturated rings. The van der Waals surface area contributed by atoms with Crippen LogP contribution in [0.25, 0.3) is 0 Å². The molecule has 0 N–H and O–H groups in total. The average Bonchev–Trinajstić information content (AvgIpc) is 2.28. The van der Waals surface area contributed by atoms with Crippen molar-refractivity contribution in [2.24, 2.45) is 0 Å². The largest absolute Gasteiger partial charge is 0.243 e. The van der Waals surface area contributed by atoms with Crippen LogP contribution < -0.4 is 0 Å². The molecule has 0 aliphatic heterocycles. The summed E-state index contributed by atoms with van der Waals surface area (Å²) in [5.74, 6) is 0.502. The Balaban J connectivity index is 3.17. The third-order valence-corrected chi connectivity index (χ3v) is 5.01. The molecule has 3 nitrogen and oxygen atoms in total. The zero-order valence-corrected chi connectivity index (χ0v) is 12.8. The van der Waals surface area contributed by atoms with Crippen LogP contribution in [0.15, 0.2) is 23.1 Å². The Bertz CT molecular complexity index is 497. The second-order valence-electron chi connectivity index (χ2n) is 4.05. The summed E-state index contributed by atoms with van der Waals surface area (Å²) in [6, 6.07) is 5.28. The van der Waals surface area contributed by atoms with E-state index in [0.717, 1.165) is 11.1 Å². The van der Waals surface area contributed by atoms with Gasteiger partial charge in [0.25, 0.3) is 0 Å². The highest BCUT2D eigenvalue weighted by atomic mass is 35.5. The minimum atomic E-state index is -3.51. The summed E-state index contributed by atoms with van der Waals surface area (Å²) in [7, 11) is -3.51. The quantitative estimate of drug-likeness (QED) is 0.758. The smallest absolute Gasteiger partial charge is 0.207 e. The predicted octanol–water partition coefficient (Wildman–Crippen LogP) is 2.77. The van der Waals surface area contributed by atoms with Gasteiger partial charge in [-0.1, -0.05) is 17.7 Å². The summed E-state index contributed by atoms with van der Waals surface area (Å²) in [6.07, 6.45) is 0. The number of alkyl halides is 2. The van der Waals surface area contributed by atoms with Crippen LogP contribution in [0.5, 0.6) is 0 Å². The van der Waals surface area contributed by atoms with E-state index >= 15 is 0 Å². The molecule has 0 aliphatic carbocycles. The van der Waals surface area contributed by atoms with Gasteiger partial charge >= 0.3 is 0 Å². The fourth-order valence-corrected chi connectivity index (χ4v) is 4.02. The number of halogens is 2. The van der Waals surface area contributed by atoms with Crippen LogP contribution in [0.1, 0.15) is 11.1 Å². The Kier molecular flexibility index (Phi) is 5.92. The van der Waals surface area contributed by atoms with Crippen molar-refractivity contribution < 1.29 is 8.42 Å². The maximum Gasteiger partial charge on any atom is 0.243 e. The average molecular weight is 310 g/mol. The first-order valence-electron chi connectivity index (χ1n) is 5.63. The third-order valence-electron chi connectivity index (χ3n) is 2.62. The molecule has 102 valence electrons. The first kappa shape index (κ1) is 15.8. The van der Waals surface area contributed by atoms with Crippen LogP contribution in [0.3, 0.4) is 0 Å². The Hall–Kier alpha value is -0.290. The Morgan fingerprint density at radius 3 is 2.11 bits per heavy atom. The molecule has 1 aromatic rings. The lowest BCUT2D eigenvalue weighted by Gasteiger charge is -2.21. The number of rotatable bonds is 6. The van der Waals surface area contributed by atoms with E-state index < -0.39 is 10.0 Å². The van der Waals surface area contributed by atoms with Crippen molar-refractivity contribution in [1.82, 2.24) is 4.31 Å². The Labute approximate surface area is 119 Å². The van der Waals surface area contributed by atoms with Crippen LogP contribution in [0, 0.1) is 13.8 Å². The standard InChI is InChI=1S/C12H17Cl2NO2S/c1-10-3-4-12(11(2)9-10)18(16,17)15(7-5-13)8-6-14/h3-4,9H,5-8H2,1-2H3. The van der Waals surface area contributed by atoms with Crippen molar-refractivity contribution in [3.05, 3.63) is 29.3 Å². The number of hydrogen-bond donors (Lipinski definition) is 0. The van der Waals surface area contributed by atoms with Gasteiger partial charge in [-0.3, -0.25) is 0 Å². The van der Waals surface area contributed by atoms with Crippen LogP contribution in [-0.2, 0) is 10.0 Å². The minimum absolute atomic E-state index is 0.251. The summed E-state index contributed by atoms with van der Waals surface area (Å²) in [4.78, 5) is 0.323. The number of nitrogens with zero attached hydrogens (tertiary/aromatic N) is 1. The summed E-state index contributed by atoms with van der Waals surface area (Å²) < 4.78 is 26.2. The number of benzene rings is 1. The lowest BCUT2D eigenvalue weighted by Crippen LogP contribution is -2.34. The van der Waals surface area contributed by atoms with Gasteiger partial charge in [-0.05, 0) is 25.5 Å². The molecule has 1 aromatic carbocycles. The molecule has 0 unspecified atom stereocenters. The second kappa shape index (κ2) is 6.75. The fourth-order valence-electron chi connectivity index (χ4n) is 1.77. The van der Waals surface area contributed by atoms with Crippen LogP contribution >= 0.6 is 23.2 Å². The SMILES string of the molecule is Cc1ccc(S(=O)(=O)N(CCCl)CCCl)c(C)c1. The van der Waals surface area contributed by atoms with Gasteiger partial charge in [0.2, 0.25) is 10.0 Å². The molecular formula is C12H17Cl2NO2S. The summed E-state index contributed by atoms with van der Waals surface area (Å²) in [6.45, 7) is 4.26. The zero-order valence-electron chi connectivity index (χ0n) is 10.5. The predicted molar refractivity (Wildman–Crippen MR) is 76.1 cm³/mol. The first-order chi connectivity index (χ1) is 8.43. The van der Waals surface area contributed by atoms with Crippen LogP contribution in [-0.4, -0.2) is 37.6 Å². The molecule has 0 amide bonds. The van der Waals surface area contributed by atoms with Crippen molar-refractivity contribution in [3.8, 4) is 0 Å². The van der Waals surface area contributed by atoms with Crippen molar-refractivity contribution in [2.75, 3.05) is 24.8 Å². The van der Waals surface area contributed by atoms with Gasteiger partial charge in [0.15, 0.2) is 0 Å². The van der Waals surface area contributed by atoms with Crippen molar-refractivity contribution in [2.45, 2.75) is 18.7 Å². The molecule has 0 atom stereocenters. The highest BCUT2D eigenvalue weighted by Gasteiger charge is 2.24. The fraction of sp³-hybridized carbons (Fsp3) is 0.500. The lowest BCUT2D eigenvalue weighted by molar-refractivity contribution is 0.448. The maximum absolute atomic E-state index is 12.5. The zero-order chi connectivity index (χ0) is 13.8. The third kappa shape index (κ3) is 3.60. The van der Waals surface area contributed by atoms with Gasteiger partial charge in [-0.2, -0.15) is 4.31 Å². The van der Waals surface area contributed by atoms with Gasteiger partial charge in [0.1, 0.15) is 0 Å². The molecule has 18 heavy (non-hydrogen) atoms. The lowest BCUT2D eigenvalue weighted by atomic mass is 10.2. The van der Waals surface area contributed by atoms with E-state index in [2.05, 4.69) is 0 Å². The van der Waals surface area contributed by atoms with Gasteiger partial charge in [-0.15, -0.1) is 23.2 Å². The van der Waals surface area contributed by atoms with E-state index in [1.807, 2.05) is 13.0 Å². The van der Waals surface area contributed by atoms with E-state index in [9.17, 15) is 8.42 Å². The number of aryl methyl sites for hydroxylation is 2. The maximum atomic E-state index is 12.5. The van der Waals surface area contributed by atoms with E-state index in [0.29, 0.717) is 4.90 Å². The normalized spacial score (nSPS) is 12.1. The molecular weight excluding hydrogens is 293 g/mol. The van der Waals surface area contributed by atoms with Crippen molar-refractivity contribution >= 4 is 33.2 Å². The van der Waals surface area contributed by atoms with Crippen LogP contribution in [0.4, 0.5) is 0 Å². The summed E-state index contributed by atoms with van der Waals surface area (Å²) >= 11 is 11.3. The molecule has 6 heteroatoms. The highest BCUT2D eigenvalue weighted by Crippen LogP contribution is 2.21. The second-order valence-corrected chi connectivity index (χ2v) is 6.71. The molecule has 0 aliphatic rings. The Morgan fingerprint density at radius 2 is 1.67 bits per heavy atom. The minimum Gasteiger partial charge on any atom is -0.207 e. The summed E-state index contributed by atoms with van der Waals surface area (Å²) in [5, 5.41) is 0. The molecule has 0 saturated heterocycles. The van der Waals surface area contributed by atoms with E-state index in [-0.39, 0.29) is 24.8 Å². The van der Waals surface area contributed by atoms with E-state index in [1.165, 1.54) is 4.31 Å². The first-order valence-corrected chi connectivity index (χ1v) is 8.13. The van der Waals surface area contributed by atoms with Gasteiger partial charge in [0, 0.05) is 24.8 Å². The monoisotopic (exact) mass is 309 g/mol. The molecule has 0 aromatic heterocycles. The van der Waals surface area contributed by atoms with Gasteiger partial charge in [0.05, 0.1) is 4.90 Å². The van der Waals surface area contributed by atoms with Crippen molar-refractivity contribution in [1.29, 1.82) is 0 Å². The number of sulfonamides is 1. The summed E-state index contributed by atoms with van der Waals surface area (Å²) in [5.41, 5.74) is 1.77. The van der Waals surface area contributed by atoms with Gasteiger partial charge in [-0.25, -0.2) is 8.42 Å². The molecule has 0 heterocycles. The molecule has 0 bridgehead atoms. The van der Waals surface area contributed by atoms with Crippen LogP contribution in [0.2, 0.25) is 0 Å². The molecule has 0 saturated carbocycles. The van der Waals surface area contributed by atoms with E-state index in [1.54, 1.807) is 19.1 Å². The highest BCUT2D eigenvalue weighted by molar-refractivity contribution is 7.89. The molecule has 1 rings (SSSR count). The van der Waals surface area contributed by atoms with E-state index in [4.69, 9.17) is 23.2 Å². The molecule has 0 spiro atoms. The topological polar surface area (TPSA) is 37.4 Å². The molecule has 0 radical (unpaired) electrons. The van der Waals surface area contributed by atoms with Gasteiger partial charge < -0.3 is 0 Å². The number of hydrogen-bond acceptors (Lipinski definition) is 2. The Morgan fingerprint density at radius 1 is 1.11 bits per heavy atom.